The number of phosphoric acid groups is 1. The van der Waals surface area contributed by atoms with Crippen LogP contribution in [0.3, 0.4) is 0 Å². The molecule has 3 unspecified atom stereocenters. The van der Waals surface area contributed by atoms with Crippen molar-refractivity contribution in [2.24, 2.45) is 0 Å². The molecule has 10 heteroatoms. The van der Waals surface area contributed by atoms with E-state index in [4.69, 9.17) is 13.8 Å². The summed E-state index contributed by atoms with van der Waals surface area (Å²) in [5.74, 6) is -0.664. The number of esters is 1. The first-order valence-electron chi connectivity index (χ1n) is 28.4. The molecule has 0 aromatic rings. The van der Waals surface area contributed by atoms with E-state index >= 15 is 0 Å². The van der Waals surface area contributed by atoms with Crippen molar-refractivity contribution in [3.05, 3.63) is 122 Å². The summed E-state index contributed by atoms with van der Waals surface area (Å²) in [6, 6.07) is -0.941. The topological polar surface area (TPSA) is 114 Å². The molecule has 1 amide bonds. The number of carbonyl (C=O) groups is 2. The van der Waals surface area contributed by atoms with E-state index in [9.17, 15) is 19.0 Å². The predicted octanol–water partition coefficient (Wildman–Crippen LogP) is 16.5. The average molecular weight is 1020 g/mol. The van der Waals surface area contributed by atoms with Gasteiger partial charge in [0.25, 0.3) is 7.82 Å². The van der Waals surface area contributed by atoms with Gasteiger partial charge in [-0.3, -0.25) is 14.2 Å². The second kappa shape index (κ2) is 50.9. The number of nitrogens with zero attached hydrogens (tertiary/aromatic N) is 1. The Morgan fingerprint density at radius 2 is 0.972 bits per heavy atom. The molecule has 3 atom stereocenters. The Kier molecular flexibility index (Phi) is 48.4. The first kappa shape index (κ1) is 68.4. The third-order valence-electron chi connectivity index (χ3n) is 11.7. The fourth-order valence-corrected chi connectivity index (χ4v) is 8.09. The Labute approximate surface area is 442 Å². The molecule has 0 aliphatic rings. The minimum atomic E-state index is -4.72. The summed E-state index contributed by atoms with van der Waals surface area (Å²) in [7, 11) is 1.11. The summed E-state index contributed by atoms with van der Waals surface area (Å²) >= 11 is 0. The van der Waals surface area contributed by atoms with Gasteiger partial charge in [0.1, 0.15) is 19.3 Å². The molecule has 0 aromatic carbocycles. The molecule has 410 valence electrons. The molecule has 0 aliphatic carbocycles. The number of unbranched alkanes of at least 4 members (excludes halogenated alkanes) is 17. The lowest BCUT2D eigenvalue weighted by molar-refractivity contribution is -0.870. The van der Waals surface area contributed by atoms with Crippen molar-refractivity contribution in [3.8, 4) is 0 Å². The predicted molar refractivity (Wildman–Crippen MR) is 307 cm³/mol. The zero-order valence-corrected chi connectivity index (χ0v) is 47.5. The second-order valence-electron chi connectivity index (χ2n) is 19.7. The highest BCUT2D eigenvalue weighted by Crippen LogP contribution is 2.38. The van der Waals surface area contributed by atoms with Gasteiger partial charge in [0.2, 0.25) is 5.91 Å². The van der Waals surface area contributed by atoms with Gasteiger partial charge in [-0.05, 0) is 89.5 Å². The number of ether oxygens (including phenoxy) is 1. The molecule has 9 nitrogen and oxygen atoms in total. The molecule has 0 radical (unpaired) electrons. The Balaban J connectivity index is 5.50. The monoisotopic (exact) mass is 1020 g/mol. The zero-order valence-electron chi connectivity index (χ0n) is 46.6. The molecule has 0 rings (SSSR count). The van der Waals surface area contributed by atoms with Gasteiger partial charge in [0, 0.05) is 12.8 Å². The summed E-state index contributed by atoms with van der Waals surface area (Å²) in [4.78, 5) is 39.8. The highest BCUT2D eigenvalue weighted by molar-refractivity contribution is 7.45. The largest absolute Gasteiger partial charge is 0.756 e. The summed E-state index contributed by atoms with van der Waals surface area (Å²) < 4.78 is 30.1. The Hall–Kier alpha value is -3.59. The lowest BCUT2D eigenvalue weighted by Crippen LogP contribution is -2.47. The molecular weight excluding hydrogens is 916 g/mol. The third kappa shape index (κ3) is 51.3. The van der Waals surface area contributed by atoms with E-state index < -0.39 is 26.6 Å². The molecule has 0 bridgehead atoms. The van der Waals surface area contributed by atoms with Crippen LogP contribution in [0.2, 0.25) is 0 Å². The lowest BCUT2D eigenvalue weighted by Gasteiger charge is -2.30. The zero-order chi connectivity index (χ0) is 52.9. The van der Waals surface area contributed by atoms with Crippen molar-refractivity contribution in [2.45, 2.75) is 219 Å². The summed E-state index contributed by atoms with van der Waals surface area (Å²) in [6.45, 7) is 6.50. The van der Waals surface area contributed by atoms with E-state index in [2.05, 4.69) is 123 Å². The summed E-state index contributed by atoms with van der Waals surface area (Å²) in [5, 5.41) is 2.96. The van der Waals surface area contributed by atoms with E-state index in [1.165, 1.54) is 70.6 Å². The Morgan fingerprint density at radius 1 is 0.514 bits per heavy atom. The molecule has 1 N–H and O–H groups in total. The fraction of sp³-hybridized carbons (Fsp3) is 0.645. The van der Waals surface area contributed by atoms with E-state index in [-0.39, 0.29) is 31.3 Å². The minimum absolute atomic E-state index is 0.0446. The number of nitrogens with one attached hydrogen (secondary N) is 1. The maximum Gasteiger partial charge on any atom is 0.306 e. The van der Waals surface area contributed by atoms with Gasteiger partial charge in [-0.15, -0.1) is 0 Å². The first-order chi connectivity index (χ1) is 34.9. The van der Waals surface area contributed by atoms with Crippen molar-refractivity contribution in [1.82, 2.24) is 5.32 Å². The highest BCUT2D eigenvalue weighted by Gasteiger charge is 2.27. The van der Waals surface area contributed by atoms with E-state index in [1.807, 2.05) is 39.4 Å². The molecule has 0 saturated heterocycles. The third-order valence-corrected chi connectivity index (χ3v) is 12.7. The lowest BCUT2D eigenvalue weighted by atomic mass is 10.1. The summed E-state index contributed by atoms with van der Waals surface area (Å²) in [5.41, 5.74) is 0. The van der Waals surface area contributed by atoms with Crippen LogP contribution in [-0.2, 0) is 27.9 Å². The smallest absolute Gasteiger partial charge is 0.306 e. The van der Waals surface area contributed by atoms with Crippen molar-refractivity contribution in [3.63, 3.8) is 0 Å². The number of phosphoric ester groups is 1. The first-order valence-corrected chi connectivity index (χ1v) is 29.8. The van der Waals surface area contributed by atoms with Crippen LogP contribution in [0.5, 0.6) is 0 Å². The maximum absolute atomic E-state index is 13.5. The second-order valence-corrected chi connectivity index (χ2v) is 21.1. The number of allylic oxidation sites excluding steroid dienone is 19. The van der Waals surface area contributed by atoms with Gasteiger partial charge < -0.3 is 28.5 Å². The number of hydrogen-bond acceptors (Lipinski definition) is 7. The quantitative estimate of drug-likeness (QED) is 0.0161. The van der Waals surface area contributed by atoms with Crippen LogP contribution in [-0.4, -0.2) is 69.4 Å². The number of likely N-dealkylation sites (N-methyl/N-ethyl adjacent to an activating group) is 1. The van der Waals surface area contributed by atoms with Gasteiger partial charge in [0.05, 0.1) is 33.8 Å². The van der Waals surface area contributed by atoms with Crippen LogP contribution >= 0.6 is 7.82 Å². The number of hydrogen-bond donors (Lipinski definition) is 1. The van der Waals surface area contributed by atoms with Gasteiger partial charge in [-0.1, -0.05) is 226 Å². The van der Waals surface area contributed by atoms with Crippen LogP contribution in [0.4, 0.5) is 0 Å². The number of carbonyl (C=O) groups excluding carboxylic acids is 2. The Morgan fingerprint density at radius 3 is 1.49 bits per heavy atom. The molecule has 0 heterocycles. The number of quaternary nitrogens is 1. The van der Waals surface area contributed by atoms with Crippen molar-refractivity contribution in [2.75, 3.05) is 40.9 Å². The molecular formula is C62H105N2O7P. The van der Waals surface area contributed by atoms with Gasteiger partial charge in [-0.25, -0.2) is 0 Å². The van der Waals surface area contributed by atoms with Crippen LogP contribution in [0.15, 0.2) is 122 Å². The van der Waals surface area contributed by atoms with Gasteiger partial charge in [0.15, 0.2) is 0 Å². The average Bonchev–Trinajstić information content (AvgIpc) is 3.34. The van der Waals surface area contributed by atoms with Gasteiger partial charge in [-0.2, -0.15) is 0 Å². The SMILES string of the molecule is CC/C=C\C/C=C\C/C=C\C/C=C\C/C=C\C/C=C\CCC(=O)NC(COP(=O)([O-])OCC[N+](C)(C)C)C(/C=C\CCCCCCCCCCCC)OC(=O)CCCCCCCCC/C=C/C=C/C=C/CC. The molecule has 0 fully saturated rings. The van der Waals surface area contributed by atoms with Crippen LogP contribution in [0, 0.1) is 0 Å². The van der Waals surface area contributed by atoms with Crippen molar-refractivity contribution < 1.29 is 37.3 Å². The maximum atomic E-state index is 13.5. The summed E-state index contributed by atoms with van der Waals surface area (Å²) in [6.07, 6.45) is 70.4. The number of rotatable bonds is 49. The molecule has 0 aromatic heterocycles. The fourth-order valence-electron chi connectivity index (χ4n) is 7.37. The molecule has 0 spiro atoms. The molecule has 0 aliphatic heterocycles. The highest BCUT2D eigenvalue weighted by atomic mass is 31.2. The number of amides is 1. The standard InChI is InChI=1S/C62H105N2O7P/c1-7-10-13-16-19-22-25-28-30-31-32-33-35-36-39-42-45-48-51-54-61(65)63-59(58-70-72(67,68)69-57-56-64(4,5)6)60(53-50-47-44-41-38-27-24-21-18-15-12-9-3)71-62(66)55-52-49-46-43-40-37-34-29-26-23-20-17-14-11-8-2/h10-11,13-14,17,19-20,22-23,26,28,30,32-33,36,39,45,48,50,53,59-60H,7-9,12,15-16,18,21,24-25,27,29,31,34-35,37-38,40-44,46-47,49,51-52,54-58H2,1-6H3,(H-,63,65,67,68)/b13-10-,14-11+,20-17+,22-19-,26-23+,30-28-,33-32-,39-36-,48-45-,53-50-. The van der Waals surface area contributed by atoms with Gasteiger partial charge >= 0.3 is 5.97 Å². The normalized spacial score (nSPS) is 14.7. The Bertz CT molecular complexity index is 1650. The van der Waals surface area contributed by atoms with E-state index in [1.54, 1.807) is 6.08 Å². The van der Waals surface area contributed by atoms with E-state index in [0.717, 1.165) is 89.9 Å². The van der Waals surface area contributed by atoms with Crippen LogP contribution in [0.25, 0.3) is 0 Å². The molecule has 72 heavy (non-hydrogen) atoms. The minimum Gasteiger partial charge on any atom is -0.756 e. The van der Waals surface area contributed by atoms with Crippen LogP contribution in [0.1, 0.15) is 207 Å². The molecule has 0 saturated carbocycles. The van der Waals surface area contributed by atoms with Crippen molar-refractivity contribution >= 4 is 19.7 Å². The van der Waals surface area contributed by atoms with E-state index in [0.29, 0.717) is 23.9 Å². The van der Waals surface area contributed by atoms with Crippen molar-refractivity contribution in [1.29, 1.82) is 0 Å². The van der Waals surface area contributed by atoms with Crippen LogP contribution < -0.4 is 10.2 Å².